The summed E-state index contributed by atoms with van der Waals surface area (Å²) < 4.78 is 48.5. The third-order valence-electron chi connectivity index (χ3n) is 5.16. The Kier molecular flexibility index (Phi) is 7.53. The van der Waals surface area contributed by atoms with Gasteiger partial charge < -0.3 is 15.0 Å². The van der Waals surface area contributed by atoms with Gasteiger partial charge in [-0.3, -0.25) is 0 Å². The highest BCUT2D eigenvalue weighted by atomic mass is 35.5. The number of nitrogens with two attached hydrogens (primary N) is 1. The summed E-state index contributed by atoms with van der Waals surface area (Å²) in [5, 5.41) is 0. The highest BCUT2D eigenvalue weighted by molar-refractivity contribution is 7.89. The Balaban J connectivity index is 0.00000306. The number of imidazole rings is 1. The maximum atomic E-state index is 14.1. The first-order valence-corrected chi connectivity index (χ1v) is 11.6. The number of hydrogen-bond acceptors (Lipinski definition) is 6. The van der Waals surface area contributed by atoms with Gasteiger partial charge >= 0.3 is 5.97 Å². The second-order valence-corrected chi connectivity index (χ2v) is 9.28. The van der Waals surface area contributed by atoms with E-state index in [1.54, 1.807) is 28.8 Å². The van der Waals surface area contributed by atoms with Crippen LogP contribution >= 0.6 is 12.4 Å². The number of aromatic nitrogens is 2. The number of esters is 1. The Morgan fingerprint density at radius 1 is 1.33 bits per heavy atom. The van der Waals surface area contributed by atoms with E-state index < -0.39 is 21.8 Å². The number of fused-ring (bicyclic) bond motifs is 1. The van der Waals surface area contributed by atoms with E-state index >= 15 is 0 Å². The number of sulfonamides is 1. The van der Waals surface area contributed by atoms with Crippen molar-refractivity contribution in [1.82, 2.24) is 14.3 Å². The Morgan fingerprint density at radius 2 is 2.09 bits per heavy atom. The lowest BCUT2D eigenvalue weighted by molar-refractivity contribution is 0.0601. The standard InChI is InChI=1S/C22H23FN4O4S.ClH/c1-31-22(28)15-10-19(21-20(11-15)27(13-25-21)12-16(23)7-8-24)14-3-2-4-18(9-14)32(29,30)26-17-5-6-17;/h2-4,7,9-11,13,17,26H,5-6,8,12,24H2,1H3;1H. The van der Waals surface area contributed by atoms with Crippen molar-refractivity contribution in [2.75, 3.05) is 13.7 Å². The van der Waals surface area contributed by atoms with Crippen LogP contribution in [0.15, 0.2) is 59.5 Å². The summed E-state index contributed by atoms with van der Waals surface area (Å²) in [7, 11) is -2.40. The zero-order chi connectivity index (χ0) is 22.9. The molecule has 1 saturated carbocycles. The molecule has 0 aliphatic heterocycles. The first kappa shape index (κ1) is 24.8. The van der Waals surface area contributed by atoms with Crippen molar-refractivity contribution in [3.8, 4) is 11.1 Å². The molecule has 0 radical (unpaired) electrons. The number of nitrogens with one attached hydrogen (secondary N) is 1. The molecule has 0 saturated heterocycles. The molecule has 2 aromatic carbocycles. The lowest BCUT2D eigenvalue weighted by Gasteiger charge is -2.11. The Hall–Kier alpha value is -2.79. The van der Waals surface area contributed by atoms with Crippen LogP contribution in [0, 0.1) is 0 Å². The molecule has 1 aliphatic carbocycles. The summed E-state index contributed by atoms with van der Waals surface area (Å²) in [5.41, 5.74) is 7.72. The van der Waals surface area contributed by atoms with E-state index in [2.05, 4.69) is 9.71 Å². The molecule has 0 amide bonds. The second kappa shape index (κ2) is 10.0. The fourth-order valence-corrected chi connectivity index (χ4v) is 4.77. The molecule has 1 fully saturated rings. The van der Waals surface area contributed by atoms with Crippen LogP contribution in [0.4, 0.5) is 4.39 Å². The van der Waals surface area contributed by atoms with Crippen LogP contribution in [-0.4, -0.2) is 43.6 Å². The summed E-state index contributed by atoms with van der Waals surface area (Å²) in [4.78, 5) is 16.8. The van der Waals surface area contributed by atoms with E-state index in [0.29, 0.717) is 22.2 Å². The zero-order valence-corrected chi connectivity index (χ0v) is 19.5. The number of benzene rings is 2. The molecule has 0 atom stereocenters. The zero-order valence-electron chi connectivity index (χ0n) is 17.8. The maximum Gasteiger partial charge on any atom is 0.337 e. The van der Waals surface area contributed by atoms with Crippen molar-refractivity contribution < 1.29 is 22.3 Å². The van der Waals surface area contributed by atoms with Crippen molar-refractivity contribution in [1.29, 1.82) is 0 Å². The highest BCUT2D eigenvalue weighted by Crippen LogP contribution is 2.32. The van der Waals surface area contributed by atoms with Crippen LogP contribution in [-0.2, 0) is 21.3 Å². The van der Waals surface area contributed by atoms with E-state index in [9.17, 15) is 17.6 Å². The fourth-order valence-electron chi connectivity index (χ4n) is 3.42. The molecular formula is C22H24ClFN4O4S. The summed E-state index contributed by atoms with van der Waals surface area (Å²) >= 11 is 0. The van der Waals surface area contributed by atoms with Gasteiger partial charge in [0.1, 0.15) is 5.83 Å². The monoisotopic (exact) mass is 494 g/mol. The summed E-state index contributed by atoms with van der Waals surface area (Å²) in [6, 6.07) is 9.56. The van der Waals surface area contributed by atoms with Crippen molar-refractivity contribution in [2.24, 2.45) is 5.73 Å². The minimum atomic E-state index is -3.67. The largest absolute Gasteiger partial charge is 0.465 e. The molecule has 4 rings (SSSR count). The molecule has 1 aliphatic rings. The Bertz CT molecular complexity index is 1320. The predicted molar refractivity (Wildman–Crippen MR) is 125 cm³/mol. The lowest BCUT2D eigenvalue weighted by Crippen LogP contribution is -2.25. The summed E-state index contributed by atoms with van der Waals surface area (Å²) in [6.07, 6.45) is 4.38. The van der Waals surface area contributed by atoms with Gasteiger partial charge in [-0.15, -0.1) is 12.4 Å². The molecule has 1 heterocycles. The number of rotatable bonds is 8. The minimum Gasteiger partial charge on any atom is -0.465 e. The van der Waals surface area contributed by atoms with Crippen molar-refractivity contribution in [2.45, 2.75) is 30.3 Å². The van der Waals surface area contributed by atoms with Crippen LogP contribution in [0.1, 0.15) is 23.2 Å². The molecule has 11 heteroatoms. The van der Waals surface area contributed by atoms with Gasteiger partial charge in [0, 0.05) is 18.2 Å². The molecule has 176 valence electrons. The smallest absolute Gasteiger partial charge is 0.337 e. The molecular weight excluding hydrogens is 471 g/mol. The Morgan fingerprint density at radius 3 is 2.76 bits per heavy atom. The highest BCUT2D eigenvalue weighted by Gasteiger charge is 2.28. The molecule has 0 spiro atoms. The third kappa shape index (κ3) is 5.41. The van der Waals surface area contributed by atoms with Crippen LogP contribution in [0.3, 0.4) is 0 Å². The molecule has 33 heavy (non-hydrogen) atoms. The van der Waals surface area contributed by atoms with Crippen LogP contribution < -0.4 is 10.5 Å². The number of ether oxygens (including phenoxy) is 1. The van der Waals surface area contributed by atoms with Gasteiger partial charge in [-0.2, -0.15) is 0 Å². The van der Waals surface area contributed by atoms with Gasteiger partial charge in [-0.05, 0) is 48.7 Å². The summed E-state index contributed by atoms with van der Waals surface area (Å²) in [5.74, 6) is -1.01. The van der Waals surface area contributed by atoms with Gasteiger partial charge in [0.05, 0.1) is 41.5 Å². The molecule has 3 aromatic rings. The minimum absolute atomic E-state index is 0. The van der Waals surface area contributed by atoms with Gasteiger partial charge in [0.2, 0.25) is 10.0 Å². The molecule has 0 bridgehead atoms. The van der Waals surface area contributed by atoms with Gasteiger partial charge in [0.15, 0.2) is 0 Å². The van der Waals surface area contributed by atoms with Crippen molar-refractivity contribution >= 4 is 39.4 Å². The quantitative estimate of drug-likeness (QED) is 0.465. The van der Waals surface area contributed by atoms with E-state index in [4.69, 9.17) is 10.5 Å². The number of methoxy groups -OCH3 is 1. The van der Waals surface area contributed by atoms with E-state index in [1.807, 2.05) is 0 Å². The predicted octanol–water partition coefficient (Wildman–Crippen LogP) is 3.16. The number of halogens is 2. The number of carbonyl (C=O) groups excluding carboxylic acids is 1. The lowest BCUT2D eigenvalue weighted by atomic mass is 10.0. The van der Waals surface area contributed by atoms with Crippen molar-refractivity contribution in [3.05, 3.63) is 60.2 Å². The van der Waals surface area contributed by atoms with Crippen LogP contribution in [0.5, 0.6) is 0 Å². The second-order valence-electron chi connectivity index (χ2n) is 7.57. The first-order valence-electron chi connectivity index (χ1n) is 10.1. The normalized spacial score (nSPS) is 14.2. The average Bonchev–Trinajstić information content (AvgIpc) is 3.50. The van der Waals surface area contributed by atoms with E-state index in [0.717, 1.165) is 12.8 Å². The van der Waals surface area contributed by atoms with E-state index in [1.165, 1.54) is 31.6 Å². The first-order chi connectivity index (χ1) is 15.3. The fraction of sp³-hybridized carbons (Fsp3) is 0.273. The SMILES string of the molecule is COC(=O)c1cc(-c2cccc(S(=O)(=O)NC3CC3)c2)c2ncn(CC(F)=CCN)c2c1.Cl. The van der Waals surface area contributed by atoms with Crippen LogP contribution in [0.2, 0.25) is 0 Å². The van der Waals surface area contributed by atoms with Gasteiger partial charge in [-0.25, -0.2) is 27.3 Å². The maximum absolute atomic E-state index is 14.1. The Labute approximate surface area is 197 Å². The molecule has 8 nitrogen and oxygen atoms in total. The molecule has 1 aromatic heterocycles. The molecule has 0 unspecified atom stereocenters. The third-order valence-corrected chi connectivity index (χ3v) is 6.68. The summed E-state index contributed by atoms with van der Waals surface area (Å²) in [6.45, 7) is -0.0369. The average molecular weight is 495 g/mol. The number of allylic oxidation sites excluding steroid dienone is 1. The van der Waals surface area contributed by atoms with E-state index in [-0.39, 0.29) is 42.0 Å². The molecule has 3 N–H and O–H groups in total. The number of hydrogen-bond donors (Lipinski definition) is 2. The topological polar surface area (TPSA) is 116 Å². The number of nitrogens with zero attached hydrogens (tertiary/aromatic N) is 2. The van der Waals surface area contributed by atoms with Gasteiger partial charge in [0.25, 0.3) is 0 Å². The number of carbonyl (C=O) groups is 1. The van der Waals surface area contributed by atoms with Crippen molar-refractivity contribution in [3.63, 3.8) is 0 Å². The van der Waals surface area contributed by atoms with Gasteiger partial charge in [-0.1, -0.05) is 12.1 Å². The van der Waals surface area contributed by atoms with Crippen LogP contribution in [0.25, 0.3) is 22.2 Å².